The van der Waals surface area contributed by atoms with Gasteiger partial charge in [-0.2, -0.15) is 5.10 Å². The standard InChI is InChI=1S/C20H26N4O/c1-15-10-13-24(21-15)17-7-3-6-16(14-17)20(25)23-12-5-9-19(23)18-8-4-11-22(18)2/h3,6-7,10,13-14,18-19H,4-5,8-9,11-12H2,1-2H3. The number of aromatic nitrogens is 2. The number of aryl methyl sites for hydroxylation is 1. The lowest BCUT2D eigenvalue weighted by Crippen LogP contribution is -2.47. The molecule has 0 radical (unpaired) electrons. The Hall–Kier alpha value is -2.14. The molecule has 1 aromatic heterocycles. The molecule has 0 aliphatic carbocycles. The van der Waals surface area contributed by atoms with Crippen molar-refractivity contribution in [2.24, 2.45) is 0 Å². The average Bonchev–Trinajstić information content (AvgIpc) is 3.34. The number of carbonyl (C=O) groups is 1. The highest BCUT2D eigenvalue weighted by molar-refractivity contribution is 5.95. The number of amides is 1. The van der Waals surface area contributed by atoms with Crippen molar-refractivity contribution in [2.45, 2.75) is 44.7 Å². The lowest BCUT2D eigenvalue weighted by Gasteiger charge is -2.33. The van der Waals surface area contributed by atoms with Gasteiger partial charge >= 0.3 is 0 Å². The highest BCUT2D eigenvalue weighted by Crippen LogP contribution is 2.30. The molecule has 2 atom stereocenters. The van der Waals surface area contributed by atoms with Crippen molar-refractivity contribution in [1.82, 2.24) is 19.6 Å². The second-order valence-electron chi connectivity index (χ2n) is 7.35. The Morgan fingerprint density at radius 1 is 1.12 bits per heavy atom. The number of rotatable bonds is 3. The summed E-state index contributed by atoms with van der Waals surface area (Å²) >= 11 is 0. The van der Waals surface area contributed by atoms with E-state index in [1.54, 1.807) is 0 Å². The van der Waals surface area contributed by atoms with E-state index < -0.39 is 0 Å². The molecule has 2 aliphatic rings. The maximum atomic E-state index is 13.2. The Balaban J connectivity index is 1.58. The number of nitrogens with zero attached hydrogens (tertiary/aromatic N) is 4. The topological polar surface area (TPSA) is 41.4 Å². The number of hydrogen-bond acceptors (Lipinski definition) is 3. The molecule has 2 aromatic rings. The van der Waals surface area contributed by atoms with Gasteiger partial charge < -0.3 is 9.80 Å². The quantitative estimate of drug-likeness (QED) is 0.864. The van der Waals surface area contributed by atoms with Crippen LogP contribution >= 0.6 is 0 Å². The molecule has 0 bridgehead atoms. The van der Waals surface area contributed by atoms with Crippen molar-refractivity contribution < 1.29 is 4.79 Å². The summed E-state index contributed by atoms with van der Waals surface area (Å²) in [6.07, 6.45) is 6.62. The van der Waals surface area contributed by atoms with Gasteiger partial charge in [-0.1, -0.05) is 6.07 Å². The van der Waals surface area contributed by atoms with E-state index >= 15 is 0 Å². The van der Waals surface area contributed by atoms with E-state index in [-0.39, 0.29) is 5.91 Å². The molecule has 4 rings (SSSR count). The van der Waals surface area contributed by atoms with E-state index in [0.29, 0.717) is 12.1 Å². The van der Waals surface area contributed by atoms with Crippen LogP contribution in [0.4, 0.5) is 0 Å². The fourth-order valence-electron chi connectivity index (χ4n) is 4.37. The SMILES string of the molecule is Cc1ccn(-c2cccc(C(=O)N3CCCC3C3CCCN3C)c2)n1. The fraction of sp³-hybridized carbons (Fsp3) is 0.500. The minimum atomic E-state index is 0.161. The molecular weight excluding hydrogens is 312 g/mol. The number of hydrogen-bond donors (Lipinski definition) is 0. The Morgan fingerprint density at radius 3 is 2.64 bits per heavy atom. The highest BCUT2D eigenvalue weighted by atomic mass is 16.2. The lowest BCUT2D eigenvalue weighted by molar-refractivity contribution is 0.0664. The van der Waals surface area contributed by atoms with Gasteiger partial charge in [0.05, 0.1) is 11.4 Å². The first-order valence-corrected chi connectivity index (χ1v) is 9.27. The second kappa shape index (κ2) is 6.64. The molecule has 2 fully saturated rings. The van der Waals surface area contributed by atoms with Crippen LogP contribution in [0.2, 0.25) is 0 Å². The molecule has 25 heavy (non-hydrogen) atoms. The maximum absolute atomic E-state index is 13.2. The first kappa shape index (κ1) is 16.3. The van der Waals surface area contributed by atoms with Gasteiger partial charge in [0.1, 0.15) is 0 Å². The van der Waals surface area contributed by atoms with Crippen LogP contribution in [-0.2, 0) is 0 Å². The largest absolute Gasteiger partial charge is 0.334 e. The Bertz CT molecular complexity index is 769. The van der Waals surface area contributed by atoms with Gasteiger partial charge in [0.2, 0.25) is 0 Å². The summed E-state index contributed by atoms with van der Waals surface area (Å²) in [7, 11) is 2.19. The van der Waals surface area contributed by atoms with Gasteiger partial charge in [0.15, 0.2) is 0 Å². The van der Waals surface area contributed by atoms with E-state index in [1.807, 2.05) is 48.1 Å². The maximum Gasteiger partial charge on any atom is 0.254 e. The molecule has 5 nitrogen and oxygen atoms in total. The van der Waals surface area contributed by atoms with Gasteiger partial charge in [-0.15, -0.1) is 0 Å². The van der Waals surface area contributed by atoms with Gasteiger partial charge in [-0.05, 0) is 70.5 Å². The zero-order valence-corrected chi connectivity index (χ0v) is 15.1. The number of likely N-dealkylation sites (tertiary alicyclic amines) is 2. The zero-order chi connectivity index (χ0) is 17.4. The van der Waals surface area contributed by atoms with Crippen LogP contribution in [0.3, 0.4) is 0 Å². The fourth-order valence-corrected chi connectivity index (χ4v) is 4.37. The minimum absolute atomic E-state index is 0.161. The summed E-state index contributed by atoms with van der Waals surface area (Å²) in [4.78, 5) is 17.7. The summed E-state index contributed by atoms with van der Waals surface area (Å²) in [6.45, 7) is 3.99. The molecule has 2 saturated heterocycles. The number of likely N-dealkylation sites (N-methyl/N-ethyl adjacent to an activating group) is 1. The Morgan fingerprint density at radius 2 is 1.92 bits per heavy atom. The molecule has 0 spiro atoms. The van der Waals surface area contributed by atoms with Crippen molar-refractivity contribution >= 4 is 5.91 Å². The molecule has 2 aliphatic heterocycles. The van der Waals surface area contributed by atoms with Crippen LogP contribution in [0, 0.1) is 6.92 Å². The molecule has 0 saturated carbocycles. The predicted molar refractivity (Wildman–Crippen MR) is 98.0 cm³/mol. The zero-order valence-electron chi connectivity index (χ0n) is 15.1. The first-order chi connectivity index (χ1) is 12.1. The molecule has 5 heteroatoms. The minimum Gasteiger partial charge on any atom is -0.334 e. The van der Waals surface area contributed by atoms with Crippen molar-refractivity contribution in [3.63, 3.8) is 0 Å². The van der Waals surface area contributed by atoms with Crippen LogP contribution in [0.1, 0.15) is 41.7 Å². The molecule has 132 valence electrons. The van der Waals surface area contributed by atoms with Crippen molar-refractivity contribution in [2.75, 3.05) is 20.1 Å². The van der Waals surface area contributed by atoms with Crippen LogP contribution in [-0.4, -0.2) is 57.7 Å². The molecule has 1 aromatic carbocycles. The van der Waals surface area contributed by atoms with Crippen LogP contribution in [0.5, 0.6) is 0 Å². The summed E-state index contributed by atoms with van der Waals surface area (Å²) in [5.41, 5.74) is 2.67. The third-order valence-electron chi connectivity index (χ3n) is 5.66. The third-order valence-corrected chi connectivity index (χ3v) is 5.66. The Labute approximate surface area is 149 Å². The predicted octanol–water partition coefficient (Wildman–Crippen LogP) is 2.88. The van der Waals surface area contributed by atoms with Gasteiger partial charge in [-0.3, -0.25) is 4.79 Å². The van der Waals surface area contributed by atoms with Crippen LogP contribution in [0.25, 0.3) is 5.69 Å². The van der Waals surface area contributed by atoms with E-state index in [2.05, 4.69) is 21.9 Å². The monoisotopic (exact) mass is 338 g/mol. The molecule has 3 heterocycles. The van der Waals surface area contributed by atoms with Crippen LogP contribution < -0.4 is 0 Å². The van der Waals surface area contributed by atoms with Crippen LogP contribution in [0.15, 0.2) is 36.5 Å². The first-order valence-electron chi connectivity index (χ1n) is 9.27. The van der Waals surface area contributed by atoms with E-state index in [1.165, 1.54) is 12.8 Å². The van der Waals surface area contributed by atoms with E-state index in [4.69, 9.17) is 0 Å². The van der Waals surface area contributed by atoms with Gasteiger partial charge in [-0.25, -0.2) is 4.68 Å². The van der Waals surface area contributed by atoms with Crippen molar-refractivity contribution in [1.29, 1.82) is 0 Å². The average molecular weight is 338 g/mol. The Kier molecular flexibility index (Phi) is 4.34. The van der Waals surface area contributed by atoms with Crippen molar-refractivity contribution in [3.8, 4) is 5.69 Å². The molecular formula is C20H26N4O. The number of carbonyl (C=O) groups excluding carboxylic acids is 1. The summed E-state index contributed by atoms with van der Waals surface area (Å²) in [5.74, 6) is 0.161. The summed E-state index contributed by atoms with van der Waals surface area (Å²) < 4.78 is 1.83. The summed E-state index contributed by atoms with van der Waals surface area (Å²) in [6, 6.07) is 10.7. The van der Waals surface area contributed by atoms with E-state index in [9.17, 15) is 4.79 Å². The molecule has 1 amide bonds. The molecule has 2 unspecified atom stereocenters. The molecule has 0 N–H and O–H groups in total. The van der Waals surface area contributed by atoms with Gasteiger partial charge in [0.25, 0.3) is 5.91 Å². The third kappa shape index (κ3) is 3.09. The smallest absolute Gasteiger partial charge is 0.254 e. The summed E-state index contributed by atoms with van der Waals surface area (Å²) in [5, 5.41) is 4.45. The second-order valence-corrected chi connectivity index (χ2v) is 7.35. The normalized spacial score (nSPS) is 24.2. The highest BCUT2D eigenvalue weighted by Gasteiger charge is 2.38. The number of benzene rings is 1. The lowest BCUT2D eigenvalue weighted by atomic mass is 10.0. The van der Waals surface area contributed by atoms with E-state index in [0.717, 1.165) is 42.9 Å². The van der Waals surface area contributed by atoms with Gasteiger partial charge in [0, 0.05) is 30.4 Å². The van der Waals surface area contributed by atoms with Crippen molar-refractivity contribution in [3.05, 3.63) is 47.8 Å².